The van der Waals surface area contributed by atoms with Crippen molar-refractivity contribution in [2.45, 2.75) is 57.4 Å². The zero-order valence-corrected chi connectivity index (χ0v) is 25.4. The Morgan fingerprint density at radius 2 is 1.82 bits per heavy atom. The van der Waals surface area contributed by atoms with Gasteiger partial charge in [-0.2, -0.15) is 0 Å². The Kier molecular flexibility index (Phi) is 9.44. The first-order valence-electron chi connectivity index (χ1n) is 13.3. The van der Waals surface area contributed by atoms with Gasteiger partial charge in [-0.3, -0.25) is 0 Å². The molecule has 216 valence electrons. The number of anilines is 2. The Hall–Kier alpha value is -2.66. The second-order valence-corrected chi connectivity index (χ2v) is 15.1. The summed E-state index contributed by atoms with van der Waals surface area (Å²) in [7, 11) is 1.20. The van der Waals surface area contributed by atoms with Crippen molar-refractivity contribution in [3.8, 4) is 17.6 Å². The molecule has 0 radical (unpaired) electrons. The van der Waals surface area contributed by atoms with E-state index in [2.05, 4.69) is 48.3 Å². The average molecular weight is 592 g/mol. The van der Waals surface area contributed by atoms with Gasteiger partial charge in [0.2, 0.25) is 0 Å². The van der Waals surface area contributed by atoms with Crippen molar-refractivity contribution < 1.29 is 22.5 Å². The summed E-state index contributed by atoms with van der Waals surface area (Å²) in [6, 6.07) is 11.7. The molecule has 1 aliphatic rings. The number of hydrogen-bond acceptors (Lipinski definition) is 6. The summed E-state index contributed by atoms with van der Waals surface area (Å²) in [5, 5.41) is 7.93. The van der Waals surface area contributed by atoms with E-state index in [0.29, 0.717) is 39.1 Å². The molecule has 0 spiro atoms. The maximum absolute atomic E-state index is 14.9. The van der Waals surface area contributed by atoms with Crippen LogP contribution in [0.3, 0.4) is 0 Å². The number of methoxy groups -OCH3 is 1. The fraction of sp³-hybridized carbons (Fsp3) is 0.467. The smallest absolute Gasteiger partial charge is 0.273 e. The van der Waals surface area contributed by atoms with Gasteiger partial charge in [-0.05, 0) is 71.3 Å². The fourth-order valence-corrected chi connectivity index (χ4v) is 7.24. The van der Waals surface area contributed by atoms with Gasteiger partial charge in [0.15, 0.2) is 6.17 Å². The molecule has 3 aromatic rings. The number of alkyl halides is 3. The highest BCUT2D eigenvalue weighted by atomic mass is 32.1. The fourth-order valence-electron chi connectivity index (χ4n) is 5.19. The first-order valence-corrected chi connectivity index (χ1v) is 16.7. The van der Waals surface area contributed by atoms with Crippen LogP contribution in [0.15, 0.2) is 36.4 Å². The lowest BCUT2D eigenvalue weighted by atomic mass is 9.93. The van der Waals surface area contributed by atoms with Gasteiger partial charge in [-0.15, -0.1) is 11.3 Å². The van der Waals surface area contributed by atoms with Crippen LogP contribution in [0.1, 0.15) is 43.3 Å². The van der Waals surface area contributed by atoms with Crippen LogP contribution in [-0.4, -0.2) is 63.5 Å². The molecule has 1 fully saturated rings. The molecular weight excluding hydrogens is 554 g/mol. The normalized spacial score (nSPS) is 20.7. The molecule has 0 aliphatic carbocycles. The summed E-state index contributed by atoms with van der Waals surface area (Å²) in [6.07, 6.45) is -3.68. The number of ether oxygens (including phenoxy) is 1. The van der Waals surface area contributed by atoms with Crippen LogP contribution in [0.25, 0.3) is 10.1 Å². The maximum atomic E-state index is 14.9. The van der Waals surface area contributed by atoms with E-state index in [1.807, 2.05) is 6.07 Å². The van der Waals surface area contributed by atoms with Crippen LogP contribution < -0.4 is 20.7 Å². The van der Waals surface area contributed by atoms with Crippen LogP contribution in [0.2, 0.25) is 0 Å². The molecule has 5 nitrogen and oxygen atoms in total. The van der Waals surface area contributed by atoms with Crippen LogP contribution in [0, 0.1) is 11.8 Å². The largest absolute Gasteiger partial charge is 0.495 e. The quantitative estimate of drug-likeness (QED) is 0.215. The van der Waals surface area contributed by atoms with Gasteiger partial charge in [-0.25, -0.2) is 13.2 Å². The summed E-state index contributed by atoms with van der Waals surface area (Å²) in [5.74, 6) is 6.43. The monoisotopic (exact) mass is 591 g/mol. The highest BCUT2D eigenvalue weighted by Crippen LogP contribution is 2.43. The zero-order valence-electron chi connectivity index (χ0n) is 23.7. The molecular formula is C30H37F3N3O2PS. The number of likely N-dealkylation sites (tertiary alicyclic amines) is 1. The maximum Gasteiger partial charge on any atom is 0.273 e. The molecule has 1 aromatic heterocycles. The lowest BCUT2D eigenvalue weighted by Crippen LogP contribution is -2.47. The molecule has 3 unspecified atom stereocenters. The average Bonchev–Trinajstić information content (AvgIpc) is 3.27. The van der Waals surface area contributed by atoms with Gasteiger partial charge in [-0.1, -0.05) is 24.0 Å². The van der Waals surface area contributed by atoms with Crippen molar-refractivity contribution in [3.63, 3.8) is 0 Å². The molecule has 10 heteroatoms. The minimum absolute atomic E-state index is 0.0557. The molecule has 4 rings (SSSR count). The van der Waals surface area contributed by atoms with E-state index in [9.17, 15) is 17.7 Å². The molecule has 0 bridgehead atoms. The number of piperidine rings is 1. The molecule has 2 aromatic carbocycles. The Balaban J connectivity index is 1.61. The second-order valence-electron chi connectivity index (χ2n) is 10.8. The SMILES string of the molecule is COc1cc(P(C)(C)=O)ccc1NCC#Cc1sc2c(NC3CC(C)N(C)C(C)C3)cccc2c1C(F)C(F)F. The number of benzene rings is 2. The number of nitrogens with one attached hydrogen (secondary N) is 2. The van der Waals surface area contributed by atoms with Crippen LogP contribution in [-0.2, 0) is 4.57 Å². The second kappa shape index (κ2) is 12.5. The van der Waals surface area contributed by atoms with Crippen LogP contribution >= 0.6 is 18.5 Å². The predicted molar refractivity (Wildman–Crippen MR) is 162 cm³/mol. The minimum atomic E-state index is -3.15. The van der Waals surface area contributed by atoms with Crippen LogP contribution in [0.5, 0.6) is 5.75 Å². The predicted octanol–water partition coefficient (Wildman–Crippen LogP) is 7.18. The van der Waals surface area contributed by atoms with Gasteiger partial charge in [0.25, 0.3) is 6.43 Å². The molecule has 0 saturated carbocycles. The van der Waals surface area contributed by atoms with Crippen molar-refractivity contribution in [1.29, 1.82) is 0 Å². The van der Waals surface area contributed by atoms with Gasteiger partial charge in [0.1, 0.15) is 12.9 Å². The van der Waals surface area contributed by atoms with E-state index in [4.69, 9.17) is 4.74 Å². The third kappa shape index (κ3) is 6.62. The van der Waals surface area contributed by atoms with Crippen molar-refractivity contribution in [2.24, 2.45) is 0 Å². The minimum Gasteiger partial charge on any atom is -0.495 e. The Morgan fingerprint density at radius 1 is 1.12 bits per heavy atom. The highest BCUT2D eigenvalue weighted by molar-refractivity contribution is 7.70. The summed E-state index contributed by atoms with van der Waals surface area (Å²) in [4.78, 5) is 2.65. The summed E-state index contributed by atoms with van der Waals surface area (Å²) in [5.41, 5.74) is 1.42. The summed E-state index contributed by atoms with van der Waals surface area (Å²) >= 11 is 1.24. The van der Waals surface area contributed by atoms with Gasteiger partial charge in [0, 0.05) is 34.4 Å². The van der Waals surface area contributed by atoms with E-state index in [-0.39, 0.29) is 18.2 Å². The first kappa shape index (κ1) is 30.3. The number of fused-ring (bicyclic) bond motifs is 1. The molecule has 40 heavy (non-hydrogen) atoms. The highest BCUT2D eigenvalue weighted by Gasteiger charge is 2.31. The van der Waals surface area contributed by atoms with E-state index in [1.165, 1.54) is 18.4 Å². The van der Waals surface area contributed by atoms with Crippen molar-refractivity contribution >= 4 is 45.2 Å². The lowest BCUT2D eigenvalue weighted by Gasteiger charge is -2.40. The summed E-state index contributed by atoms with van der Waals surface area (Å²) < 4.78 is 60.8. The van der Waals surface area contributed by atoms with Gasteiger partial charge < -0.3 is 24.8 Å². The third-order valence-corrected chi connectivity index (χ3v) is 10.3. The van der Waals surface area contributed by atoms with Crippen LogP contribution in [0.4, 0.5) is 24.5 Å². The molecule has 2 heterocycles. The first-order chi connectivity index (χ1) is 18.9. The van der Waals surface area contributed by atoms with Crippen molar-refractivity contribution in [1.82, 2.24) is 4.90 Å². The Bertz CT molecular complexity index is 1450. The van der Waals surface area contributed by atoms with Gasteiger partial charge >= 0.3 is 0 Å². The Morgan fingerprint density at radius 3 is 2.45 bits per heavy atom. The molecule has 1 aliphatic heterocycles. The number of rotatable bonds is 8. The molecule has 3 atom stereocenters. The lowest BCUT2D eigenvalue weighted by molar-refractivity contribution is 0.0504. The van der Waals surface area contributed by atoms with E-state index < -0.39 is 19.7 Å². The molecule has 1 saturated heterocycles. The van der Waals surface area contributed by atoms with E-state index in [0.717, 1.165) is 23.2 Å². The third-order valence-electron chi connectivity index (χ3n) is 7.63. The van der Waals surface area contributed by atoms with Gasteiger partial charge in [0.05, 0.1) is 34.6 Å². The van der Waals surface area contributed by atoms with Crippen molar-refractivity contribution in [2.75, 3.05) is 44.7 Å². The number of nitrogens with zero attached hydrogens (tertiary/aromatic N) is 1. The Labute approximate surface area is 238 Å². The standard InChI is InChI=1S/C30H37F3N3O2PS/c1-18-15-20(16-19(2)36(18)3)35-24-10-7-9-22-27(28(31)30(32)33)26(40-29(22)24)11-8-14-34-23-13-12-21(39(5,6)37)17-25(23)38-4/h7,9-10,12-13,17-20,28,30,34-35H,14-16H2,1-6H3. The van der Waals surface area contributed by atoms with E-state index in [1.54, 1.807) is 43.7 Å². The zero-order chi connectivity index (χ0) is 29.2. The topological polar surface area (TPSA) is 53.6 Å². The molecule has 2 N–H and O–H groups in total. The summed E-state index contributed by atoms with van der Waals surface area (Å²) in [6.45, 7) is 7.96. The van der Waals surface area contributed by atoms with Crippen molar-refractivity contribution in [3.05, 3.63) is 46.8 Å². The molecule has 0 amide bonds. The number of thiophene rings is 1. The van der Waals surface area contributed by atoms with E-state index >= 15 is 0 Å². The number of halogens is 3. The number of hydrogen-bond donors (Lipinski definition) is 2.